The molecule has 0 spiro atoms. The van der Waals surface area contributed by atoms with E-state index < -0.39 is 0 Å². The van der Waals surface area contributed by atoms with Crippen LogP contribution in [0.15, 0.2) is 266 Å². The van der Waals surface area contributed by atoms with Crippen LogP contribution in [0, 0.1) is 13.8 Å². The van der Waals surface area contributed by atoms with Gasteiger partial charge in [0, 0.05) is 94.6 Å². The van der Waals surface area contributed by atoms with Crippen LogP contribution in [0.25, 0.3) is 120 Å². The summed E-state index contributed by atoms with van der Waals surface area (Å²) in [7, 11) is 0. The Balaban J connectivity index is 0.000000839. The van der Waals surface area contributed by atoms with Gasteiger partial charge in [-0.3, -0.25) is 9.13 Å². The van der Waals surface area contributed by atoms with Crippen molar-refractivity contribution in [1.29, 1.82) is 0 Å². The van der Waals surface area contributed by atoms with Crippen molar-refractivity contribution in [3.8, 4) is 99.8 Å². The molecule has 0 aliphatic rings. The van der Waals surface area contributed by atoms with E-state index in [2.05, 4.69) is 370 Å². The molecule has 0 bridgehead atoms. The zero-order chi connectivity index (χ0) is 90.7. The maximum Gasteiger partial charge on any atom is 0.262 e. The Morgan fingerprint density at radius 1 is 0.260 bits per heavy atom. The van der Waals surface area contributed by atoms with Crippen molar-refractivity contribution >= 4 is 66.3 Å². The molecule has 0 atom stereocenters. The molecule has 0 fully saturated rings. The second kappa shape index (κ2) is 36.5. The SMILES string of the molecule is CC(C)(C)c1cc(-c2ccc3c(c2)c2cc(-c4cc(C(C)(C)C)cc(C(C)(C)C)c4)ccc2n3-c2scc(-c3ccccc3[OH+]CCCC[OH+]c3ccccc3-c3csc(-n4c5ccc(-c6cc(C(C)(C)C)cc(C(C)(C)C)c6)cc5c5cc(-c6cc(C(C)(C)C)cc(C(C)(C)C)c6)ccc54)c3O)c2O)cc(C(C)(C)C)c1.[CH2-]c1ccccc1.[CH2-]c1ccccc1.[Zr]. The van der Waals surface area contributed by atoms with Gasteiger partial charge in [-0.1, -0.05) is 300 Å². The van der Waals surface area contributed by atoms with Gasteiger partial charge < -0.3 is 19.7 Å². The molecule has 16 aromatic rings. The minimum absolute atomic E-state index is 0. The Hall–Kier alpha value is -10.5. The van der Waals surface area contributed by atoms with Gasteiger partial charge in [-0.25, -0.2) is 0 Å². The van der Waals surface area contributed by atoms with Gasteiger partial charge in [0.2, 0.25) is 0 Å². The van der Waals surface area contributed by atoms with Gasteiger partial charge in [-0.2, -0.15) is 49.2 Å². The average molecular weight is 1800 g/mol. The summed E-state index contributed by atoms with van der Waals surface area (Å²) < 4.78 is 15.1. The number of para-hydroxylation sites is 2. The Labute approximate surface area is 785 Å². The molecule has 0 saturated carbocycles. The van der Waals surface area contributed by atoms with E-state index in [1.807, 2.05) is 84.9 Å². The molecule has 0 saturated heterocycles. The summed E-state index contributed by atoms with van der Waals surface area (Å²) in [5.74, 6) is 2.16. The third-order valence-corrected chi connectivity index (χ3v) is 26.5. The van der Waals surface area contributed by atoms with E-state index >= 15 is 0 Å². The molecule has 0 radical (unpaired) electrons. The van der Waals surface area contributed by atoms with Crippen molar-refractivity contribution in [2.45, 2.75) is 222 Å². The summed E-state index contributed by atoms with van der Waals surface area (Å²) in [4.78, 5) is 0. The van der Waals surface area contributed by atoms with E-state index in [1.165, 1.54) is 89.0 Å². The van der Waals surface area contributed by atoms with Gasteiger partial charge in [0.15, 0.2) is 24.7 Å². The summed E-state index contributed by atoms with van der Waals surface area (Å²) >= 11 is 3.13. The maximum absolute atomic E-state index is 12.8. The second-order valence-corrected chi connectivity index (χ2v) is 44.6. The number of aliphatic hydroxyl groups is 2. The number of rotatable bonds is 15. The number of unbranched alkanes of at least 4 members (excludes halogenated alkanes) is 1. The molecule has 16 rings (SSSR count). The first-order valence-electron chi connectivity index (χ1n) is 44.9. The van der Waals surface area contributed by atoms with Crippen LogP contribution in [0.1, 0.15) is 235 Å². The van der Waals surface area contributed by atoms with Crippen LogP contribution in [0.2, 0.25) is 0 Å². The smallest absolute Gasteiger partial charge is 0.262 e. The molecule has 0 aliphatic heterocycles. The van der Waals surface area contributed by atoms with E-state index in [4.69, 9.17) is 9.47 Å². The minimum atomic E-state index is -0.0374. The molecule has 0 unspecified atom stereocenters. The van der Waals surface area contributed by atoms with E-state index in [0.29, 0.717) is 13.2 Å². The molecule has 4 N–H and O–H groups in total. The van der Waals surface area contributed by atoms with Crippen LogP contribution in [0.3, 0.4) is 0 Å². The molecular weight excluding hydrogens is 1660 g/mol. The molecular formula is C118H132N2O4S2Zr. The first kappa shape index (κ1) is 94.1. The predicted octanol–water partition coefficient (Wildman–Crippen LogP) is 33.5. The van der Waals surface area contributed by atoms with E-state index in [9.17, 15) is 10.2 Å². The molecule has 654 valence electrons. The Morgan fingerprint density at radius 3 is 0.693 bits per heavy atom. The number of aromatic nitrogens is 2. The van der Waals surface area contributed by atoms with Crippen LogP contribution in [0.5, 0.6) is 23.0 Å². The van der Waals surface area contributed by atoms with Crippen LogP contribution < -0.4 is 0 Å². The Morgan fingerprint density at radius 2 is 0.480 bits per heavy atom. The Bertz CT molecular complexity index is 5850. The van der Waals surface area contributed by atoms with E-state index in [-0.39, 0.29) is 81.0 Å². The fraction of sp³-hybridized carbons (Fsp3) is 0.305. The van der Waals surface area contributed by atoms with Crippen molar-refractivity contribution in [2.24, 2.45) is 0 Å². The van der Waals surface area contributed by atoms with Crippen molar-refractivity contribution in [1.82, 2.24) is 9.13 Å². The summed E-state index contributed by atoms with van der Waals surface area (Å²) in [6.45, 7) is 63.9. The number of benzene rings is 12. The summed E-state index contributed by atoms with van der Waals surface area (Å²) in [6.07, 6.45) is 1.62. The second-order valence-electron chi connectivity index (χ2n) is 42.9. The van der Waals surface area contributed by atoms with Crippen LogP contribution in [-0.4, -0.2) is 42.0 Å². The van der Waals surface area contributed by atoms with Crippen LogP contribution in [0.4, 0.5) is 0 Å². The minimum Gasteiger partial charge on any atom is -0.582 e. The topological polar surface area (TPSA) is 75.9 Å². The standard InChI is InChI=1S/C104H116N2O4S2.2C7H7.Zr/c1-97(2,3)71-45-67(46-72(57-71)98(4,5)6)63-35-39-87-81(53-63)82-54-64(68-47-73(99(7,8)9)58-74(48-68)100(10,11)12)36-40-88(82)105(87)95-93(107)85(61-111-95)79-31-25-27-33-91(79)109-43-29-30-44-110-92-34-28-26-32-80(92)86-62-112-96(94(86)108)106-89-41-37-65(69-49-75(101(13,14)15)59-76(50-69)102(16,17)18)55-83(89)84-56-66(38-42-90(84)106)70-51-77(103(19,20)21)60-78(52-70)104(22,23)24;2*1-7-5-3-2-4-6-7;/h25-28,31-42,45-62,107-108H,29-30,43-44H2,1-24H3;2*2-6H,1H2;/q;2*-1;/p+2. The van der Waals surface area contributed by atoms with Crippen molar-refractivity contribution in [3.63, 3.8) is 0 Å². The zero-order valence-corrected chi connectivity index (χ0v) is 83.7. The molecule has 6 nitrogen and oxygen atoms in total. The summed E-state index contributed by atoms with van der Waals surface area (Å²) in [5, 5.41) is 35.9. The van der Waals surface area contributed by atoms with Gasteiger partial charge in [-0.05, 0) is 193 Å². The molecule has 0 aliphatic carbocycles. The summed E-state index contributed by atoms with van der Waals surface area (Å²) in [6, 6.07) is 92.5. The predicted molar refractivity (Wildman–Crippen MR) is 547 cm³/mol. The third kappa shape index (κ3) is 20.9. The molecule has 0 amide bonds. The third-order valence-electron chi connectivity index (χ3n) is 24.6. The number of fused-ring (bicyclic) bond motifs is 6. The fourth-order valence-electron chi connectivity index (χ4n) is 16.5. The molecule has 4 heterocycles. The van der Waals surface area contributed by atoms with E-state index in [1.54, 1.807) is 22.7 Å². The number of hydrogen-bond donors (Lipinski definition) is 2. The molecule has 12 aromatic carbocycles. The quantitative estimate of drug-likeness (QED) is 0.0610. The van der Waals surface area contributed by atoms with Crippen LogP contribution >= 0.6 is 22.7 Å². The van der Waals surface area contributed by atoms with Gasteiger partial charge >= 0.3 is 0 Å². The number of aromatic hydroxyl groups is 4. The van der Waals surface area contributed by atoms with Gasteiger partial charge in [0.05, 0.1) is 33.2 Å². The average Bonchev–Trinajstić information content (AvgIpc) is 1.58. The largest absolute Gasteiger partial charge is 0.582 e. The Kier molecular flexibility index (Phi) is 27.1. The number of ether oxygens (including phenoxy) is 2. The first-order valence-corrected chi connectivity index (χ1v) is 46.6. The van der Waals surface area contributed by atoms with Gasteiger partial charge in [0.25, 0.3) is 11.5 Å². The molecule has 4 aromatic heterocycles. The monoisotopic (exact) mass is 1790 g/mol. The van der Waals surface area contributed by atoms with Gasteiger partial charge in [-0.15, -0.1) is 46.9 Å². The normalized spacial score (nSPS) is 12.4. The van der Waals surface area contributed by atoms with Crippen LogP contribution in [-0.2, 0) is 69.5 Å². The zero-order valence-electron chi connectivity index (χ0n) is 79.6. The van der Waals surface area contributed by atoms with Crippen molar-refractivity contribution in [3.05, 3.63) is 335 Å². The number of nitrogens with zero attached hydrogens (tertiary/aromatic N) is 2. The molecule has 127 heavy (non-hydrogen) atoms. The number of hydrogen-bond acceptors (Lipinski definition) is 4. The number of thiophene rings is 2. The molecule has 9 heteroatoms. The fourth-order valence-corrected chi connectivity index (χ4v) is 18.5. The van der Waals surface area contributed by atoms with Crippen molar-refractivity contribution in [2.75, 3.05) is 13.2 Å². The first-order chi connectivity index (χ1) is 59.2. The van der Waals surface area contributed by atoms with E-state index in [0.717, 1.165) is 111 Å². The van der Waals surface area contributed by atoms with Gasteiger partial charge in [0.1, 0.15) is 10.0 Å². The summed E-state index contributed by atoms with van der Waals surface area (Å²) in [5.41, 5.74) is 29.3. The van der Waals surface area contributed by atoms with Crippen molar-refractivity contribution < 1.29 is 45.9 Å². The maximum atomic E-state index is 12.8.